The van der Waals surface area contributed by atoms with E-state index in [2.05, 4.69) is 19.6 Å². The summed E-state index contributed by atoms with van der Waals surface area (Å²) in [7, 11) is 0. The second-order valence-corrected chi connectivity index (χ2v) is 3.43. The van der Waals surface area contributed by atoms with Crippen LogP contribution in [-0.4, -0.2) is 0 Å². The largest absolute Gasteiger partial charge is 0.0991 e. The Morgan fingerprint density at radius 3 is 2.08 bits per heavy atom. The summed E-state index contributed by atoms with van der Waals surface area (Å²) in [5.41, 5.74) is 0. The van der Waals surface area contributed by atoms with Gasteiger partial charge in [0.1, 0.15) is 0 Å². The normalized spacial score (nSPS) is 10.8. The van der Waals surface area contributed by atoms with Crippen LogP contribution >= 0.6 is 0 Å². The highest BCUT2D eigenvalue weighted by Gasteiger charge is 1.88. The first kappa shape index (κ1) is 12.5. The SMILES string of the molecule is [CH2]CCCCCCCCC=CC=C. The van der Waals surface area contributed by atoms with Gasteiger partial charge in [-0.1, -0.05) is 70.3 Å². The molecule has 0 atom stereocenters. The van der Waals surface area contributed by atoms with E-state index in [0.29, 0.717) is 0 Å². The predicted octanol–water partition coefficient (Wildman–Crippen LogP) is 4.68. The molecule has 0 nitrogen and oxygen atoms in total. The lowest BCUT2D eigenvalue weighted by molar-refractivity contribution is 0.599. The van der Waals surface area contributed by atoms with Gasteiger partial charge in [0.2, 0.25) is 0 Å². The van der Waals surface area contributed by atoms with Crippen LogP contribution in [0.15, 0.2) is 24.8 Å². The molecule has 0 spiro atoms. The van der Waals surface area contributed by atoms with Gasteiger partial charge in [0.25, 0.3) is 0 Å². The maximum Gasteiger partial charge on any atom is -0.0348 e. The number of allylic oxidation sites excluding steroid dienone is 3. The summed E-state index contributed by atoms with van der Waals surface area (Å²) >= 11 is 0. The summed E-state index contributed by atoms with van der Waals surface area (Å²) < 4.78 is 0. The molecule has 0 saturated carbocycles. The van der Waals surface area contributed by atoms with Crippen LogP contribution in [0.1, 0.15) is 51.4 Å². The van der Waals surface area contributed by atoms with Crippen molar-refractivity contribution < 1.29 is 0 Å². The fourth-order valence-corrected chi connectivity index (χ4v) is 1.34. The molecular weight excluding hydrogens is 156 g/mol. The lowest BCUT2D eigenvalue weighted by atomic mass is 10.1. The Bertz CT molecular complexity index is 122. The van der Waals surface area contributed by atoms with Crippen LogP contribution in [0.4, 0.5) is 0 Å². The number of rotatable bonds is 9. The minimum atomic E-state index is 1.10. The Kier molecular flexibility index (Phi) is 11.0. The van der Waals surface area contributed by atoms with Crippen LogP contribution in [0.25, 0.3) is 0 Å². The van der Waals surface area contributed by atoms with Crippen molar-refractivity contribution in [3.8, 4) is 0 Å². The molecule has 0 N–H and O–H groups in total. The zero-order valence-electron chi connectivity index (χ0n) is 8.80. The van der Waals surface area contributed by atoms with Crippen molar-refractivity contribution in [1.82, 2.24) is 0 Å². The van der Waals surface area contributed by atoms with E-state index in [-0.39, 0.29) is 0 Å². The molecule has 0 aliphatic rings. The van der Waals surface area contributed by atoms with Crippen molar-refractivity contribution in [2.24, 2.45) is 0 Å². The van der Waals surface area contributed by atoms with Crippen molar-refractivity contribution >= 4 is 0 Å². The number of unbranched alkanes of at least 4 members (excludes halogenated alkanes) is 7. The second kappa shape index (κ2) is 11.5. The van der Waals surface area contributed by atoms with Gasteiger partial charge < -0.3 is 0 Å². The van der Waals surface area contributed by atoms with Crippen LogP contribution in [0, 0.1) is 6.92 Å². The molecular formula is C13H23. The molecule has 0 heterocycles. The Labute approximate surface area is 83.7 Å². The Morgan fingerprint density at radius 2 is 1.46 bits per heavy atom. The molecule has 0 aliphatic heterocycles. The van der Waals surface area contributed by atoms with Gasteiger partial charge in [0.15, 0.2) is 0 Å². The van der Waals surface area contributed by atoms with E-state index in [1.165, 1.54) is 44.9 Å². The van der Waals surface area contributed by atoms with Crippen molar-refractivity contribution in [2.75, 3.05) is 0 Å². The Balaban J connectivity index is 2.91. The van der Waals surface area contributed by atoms with E-state index in [1.807, 2.05) is 12.2 Å². The lowest BCUT2D eigenvalue weighted by Crippen LogP contribution is -1.78. The van der Waals surface area contributed by atoms with Gasteiger partial charge in [-0.2, -0.15) is 0 Å². The summed E-state index contributed by atoms with van der Waals surface area (Å²) in [6.07, 6.45) is 16.5. The molecule has 0 aliphatic carbocycles. The molecule has 0 saturated heterocycles. The summed E-state index contributed by atoms with van der Waals surface area (Å²) in [4.78, 5) is 0. The van der Waals surface area contributed by atoms with Crippen LogP contribution in [0.2, 0.25) is 0 Å². The van der Waals surface area contributed by atoms with Gasteiger partial charge >= 0.3 is 0 Å². The molecule has 0 aromatic carbocycles. The summed E-state index contributed by atoms with van der Waals surface area (Å²) in [6, 6.07) is 0. The topological polar surface area (TPSA) is 0 Å². The van der Waals surface area contributed by atoms with Gasteiger partial charge in [-0.15, -0.1) is 0 Å². The third kappa shape index (κ3) is 11.5. The first-order valence-corrected chi connectivity index (χ1v) is 5.48. The molecule has 75 valence electrons. The third-order valence-electron chi connectivity index (χ3n) is 2.14. The number of hydrogen-bond donors (Lipinski definition) is 0. The zero-order chi connectivity index (χ0) is 9.78. The average Bonchev–Trinajstić information content (AvgIpc) is 2.16. The fourth-order valence-electron chi connectivity index (χ4n) is 1.34. The van der Waals surface area contributed by atoms with Gasteiger partial charge in [0, 0.05) is 0 Å². The predicted molar refractivity (Wildman–Crippen MR) is 61.6 cm³/mol. The minimum absolute atomic E-state index is 1.10. The first-order valence-electron chi connectivity index (χ1n) is 5.48. The average molecular weight is 179 g/mol. The van der Waals surface area contributed by atoms with Crippen molar-refractivity contribution in [3.05, 3.63) is 31.7 Å². The van der Waals surface area contributed by atoms with Gasteiger partial charge in [-0.3, -0.25) is 0 Å². The number of hydrogen-bond acceptors (Lipinski definition) is 0. The van der Waals surface area contributed by atoms with E-state index in [0.717, 1.165) is 6.42 Å². The molecule has 0 unspecified atom stereocenters. The molecule has 0 aromatic heterocycles. The molecule has 0 rings (SSSR count). The molecule has 0 fully saturated rings. The molecule has 13 heavy (non-hydrogen) atoms. The van der Waals surface area contributed by atoms with Crippen LogP contribution in [0.5, 0.6) is 0 Å². The van der Waals surface area contributed by atoms with Crippen LogP contribution in [-0.2, 0) is 0 Å². The van der Waals surface area contributed by atoms with Crippen molar-refractivity contribution in [3.63, 3.8) is 0 Å². The Morgan fingerprint density at radius 1 is 0.846 bits per heavy atom. The maximum absolute atomic E-state index is 3.83. The second-order valence-electron chi connectivity index (χ2n) is 3.43. The standard InChI is InChI=1S/C13H23/c1-3-5-7-9-11-13-12-10-8-6-4-2/h3,5,7H,1-2,4,6,8-13H2. The molecule has 0 amide bonds. The summed E-state index contributed by atoms with van der Waals surface area (Å²) in [5.74, 6) is 0. The fraction of sp³-hybridized carbons (Fsp3) is 0.615. The first-order chi connectivity index (χ1) is 6.41. The highest BCUT2D eigenvalue weighted by atomic mass is 13.9. The van der Waals surface area contributed by atoms with Gasteiger partial charge in [-0.05, 0) is 12.8 Å². The van der Waals surface area contributed by atoms with E-state index in [9.17, 15) is 0 Å². The highest BCUT2D eigenvalue weighted by molar-refractivity contribution is 4.96. The van der Waals surface area contributed by atoms with E-state index in [1.54, 1.807) is 0 Å². The third-order valence-corrected chi connectivity index (χ3v) is 2.14. The van der Waals surface area contributed by atoms with Crippen LogP contribution < -0.4 is 0 Å². The maximum atomic E-state index is 3.83. The zero-order valence-corrected chi connectivity index (χ0v) is 8.80. The van der Waals surface area contributed by atoms with Crippen molar-refractivity contribution in [2.45, 2.75) is 51.4 Å². The Hall–Kier alpha value is -0.520. The monoisotopic (exact) mass is 179 g/mol. The van der Waals surface area contributed by atoms with E-state index < -0.39 is 0 Å². The summed E-state index contributed by atoms with van der Waals surface area (Å²) in [6.45, 7) is 7.47. The van der Waals surface area contributed by atoms with Gasteiger partial charge in [-0.25, -0.2) is 0 Å². The van der Waals surface area contributed by atoms with E-state index in [4.69, 9.17) is 0 Å². The molecule has 1 radical (unpaired) electrons. The van der Waals surface area contributed by atoms with Crippen molar-refractivity contribution in [1.29, 1.82) is 0 Å². The molecule has 0 aromatic rings. The quantitative estimate of drug-likeness (QED) is 0.356. The van der Waals surface area contributed by atoms with E-state index >= 15 is 0 Å². The van der Waals surface area contributed by atoms with Crippen LogP contribution in [0.3, 0.4) is 0 Å². The minimum Gasteiger partial charge on any atom is -0.0991 e. The van der Waals surface area contributed by atoms with Gasteiger partial charge in [0.05, 0.1) is 0 Å². The smallest absolute Gasteiger partial charge is 0.0348 e. The highest BCUT2D eigenvalue weighted by Crippen LogP contribution is 2.08. The molecule has 0 heteroatoms. The molecule has 0 bridgehead atoms. The summed E-state index contributed by atoms with van der Waals surface area (Å²) in [5, 5.41) is 0. The lowest BCUT2D eigenvalue weighted by Gasteiger charge is -1.98.